The zero-order valence-electron chi connectivity index (χ0n) is 12.9. The number of aromatic nitrogens is 1. The molecule has 3 aliphatic rings. The van der Waals surface area contributed by atoms with Crippen molar-refractivity contribution in [3.63, 3.8) is 0 Å². The van der Waals surface area contributed by atoms with Gasteiger partial charge in [-0.25, -0.2) is 4.98 Å². The highest BCUT2D eigenvalue weighted by Gasteiger charge is 2.35. The van der Waals surface area contributed by atoms with Gasteiger partial charge in [-0.3, -0.25) is 4.79 Å². The van der Waals surface area contributed by atoms with Crippen LogP contribution in [0, 0.1) is 0 Å². The van der Waals surface area contributed by atoms with E-state index >= 15 is 0 Å². The Morgan fingerprint density at radius 3 is 2.95 bits per heavy atom. The highest BCUT2D eigenvalue weighted by molar-refractivity contribution is 5.94. The average molecular weight is 302 g/mol. The number of ether oxygens (including phenoxy) is 1. The van der Waals surface area contributed by atoms with Crippen molar-refractivity contribution < 1.29 is 9.53 Å². The van der Waals surface area contributed by atoms with Gasteiger partial charge in [-0.15, -0.1) is 0 Å². The first kappa shape index (κ1) is 13.8. The van der Waals surface area contributed by atoms with E-state index in [1.165, 1.54) is 0 Å². The molecular formula is C16H22N4O2. The summed E-state index contributed by atoms with van der Waals surface area (Å²) in [5.41, 5.74) is 1.67. The first-order valence-corrected chi connectivity index (χ1v) is 8.10. The van der Waals surface area contributed by atoms with Crippen molar-refractivity contribution in [2.24, 2.45) is 0 Å². The van der Waals surface area contributed by atoms with Crippen LogP contribution in [0.1, 0.15) is 29.8 Å². The number of amides is 1. The maximum absolute atomic E-state index is 12.4. The molecule has 1 aromatic rings. The third kappa shape index (κ3) is 2.31. The fourth-order valence-corrected chi connectivity index (χ4v) is 3.62. The molecule has 4 rings (SSSR count). The van der Waals surface area contributed by atoms with E-state index in [1.54, 1.807) is 0 Å². The van der Waals surface area contributed by atoms with Crippen molar-refractivity contribution in [3.8, 4) is 0 Å². The molecule has 2 saturated heterocycles. The Kier molecular flexibility index (Phi) is 3.41. The molecule has 4 heterocycles. The Hall–Kier alpha value is -1.82. The number of nitrogens with zero attached hydrogens (tertiary/aromatic N) is 3. The van der Waals surface area contributed by atoms with Crippen LogP contribution >= 0.6 is 0 Å². The minimum atomic E-state index is -0.0731. The molecular weight excluding hydrogens is 280 g/mol. The summed E-state index contributed by atoms with van der Waals surface area (Å²) >= 11 is 0. The number of hydrogen-bond acceptors (Lipinski definition) is 5. The molecule has 2 fully saturated rings. The molecule has 0 spiro atoms. The van der Waals surface area contributed by atoms with Gasteiger partial charge in [-0.1, -0.05) is 0 Å². The van der Waals surface area contributed by atoms with Crippen LogP contribution in [0.2, 0.25) is 0 Å². The molecule has 3 aliphatic heterocycles. The summed E-state index contributed by atoms with van der Waals surface area (Å²) in [6.45, 7) is 3.60. The highest BCUT2D eigenvalue weighted by atomic mass is 16.5. The number of anilines is 2. The molecule has 0 saturated carbocycles. The highest BCUT2D eigenvalue weighted by Crippen LogP contribution is 2.37. The van der Waals surface area contributed by atoms with Crippen molar-refractivity contribution in [1.82, 2.24) is 10.3 Å². The fourth-order valence-electron chi connectivity index (χ4n) is 3.62. The van der Waals surface area contributed by atoms with Crippen LogP contribution in [0.15, 0.2) is 12.1 Å². The van der Waals surface area contributed by atoms with Gasteiger partial charge in [0.2, 0.25) is 0 Å². The van der Waals surface area contributed by atoms with Crippen LogP contribution in [0.4, 0.5) is 11.5 Å². The lowest BCUT2D eigenvalue weighted by Crippen LogP contribution is -2.41. The van der Waals surface area contributed by atoms with Gasteiger partial charge < -0.3 is 19.9 Å². The van der Waals surface area contributed by atoms with Crippen LogP contribution in [-0.4, -0.2) is 56.3 Å². The van der Waals surface area contributed by atoms with Gasteiger partial charge in [0, 0.05) is 45.4 Å². The molecule has 1 amide bonds. The molecule has 0 aliphatic carbocycles. The van der Waals surface area contributed by atoms with E-state index < -0.39 is 0 Å². The van der Waals surface area contributed by atoms with Gasteiger partial charge in [0.05, 0.1) is 5.69 Å². The topological polar surface area (TPSA) is 57.7 Å². The van der Waals surface area contributed by atoms with Gasteiger partial charge >= 0.3 is 0 Å². The molecule has 0 aromatic carbocycles. The SMILES string of the molecule is CN1c2nc(C(=O)NC3CCOCC3)ccc2N2CCC1C2. The van der Waals surface area contributed by atoms with E-state index in [1.807, 2.05) is 12.1 Å². The molecule has 118 valence electrons. The number of pyridine rings is 1. The normalized spacial score (nSPS) is 24.3. The Balaban J connectivity index is 1.55. The van der Waals surface area contributed by atoms with E-state index in [4.69, 9.17) is 4.74 Å². The van der Waals surface area contributed by atoms with E-state index in [-0.39, 0.29) is 11.9 Å². The van der Waals surface area contributed by atoms with Crippen LogP contribution in [0.5, 0.6) is 0 Å². The largest absolute Gasteiger partial charge is 0.381 e. The zero-order valence-corrected chi connectivity index (χ0v) is 12.9. The van der Waals surface area contributed by atoms with Crippen LogP contribution in [0.25, 0.3) is 0 Å². The van der Waals surface area contributed by atoms with Crippen LogP contribution in [-0.2, 0) is 4.74 Å². The standard InChI is InChI=1S/C16H22N4O2/c1-19-12-4-7-20(10-12)14-3-2-13(18-15(14)19)16(21)17-11-5-8-22-9-6-11/h2-3,11-12H,4-10H2,1H3,(H,17,21). The van der Waals surface area contributed by atoms with E-state index in [9.17, 15) is 4.79 Å². The summed E-state index contributed by atoms with van der Waals surface area (Å²) in [7, 11) is 2.08. The van der Waals surface area contributed by atoms with Gasteiger partial charge in [-0.05, 0) is 31.4 Å². The smallest absolute Gasteiger partial charge is 0.270 e. The number of nitrogens with one attached hydrogen (secondary N) is 1. The summed E-state index contributed by atoms with van der Waals surface area (Å²) in [6.07, 6.45) is 2.93. The van der Waals surface area contributed by atoms with E-state index in [2.05, 4.69) is 27.1 Å². The third-order valence-corrected chi connectivity index (χ3v) is 5.03. The molecule has 1 N–H and O–H groups in total. The molecule has 6 nitrogen and oxygen atoms in total. The Labute approximate surface area is 130 Å². The van der Waals surface area contributed by atoms with Crippen LogP contribution < -0.4 is 15.1 Å². The quantitative estimate of drug-likeness (QED) is 0.884. The number of fused-ring (bicyclic) bond motifs is 4. The summed E-state index contributed by atoms with van der Waals surface area (Å²) < 4.78 is 5.33. The minimum Gasteiger partial charge on any atom is -0.381 e. The lowest BCUT2D eigenvalue weighted by Gasteiger charge is -2.34. The first-order valence-electron chi connectivity index (χ1n) is 8.10. The molecule has 2 bridgehead atoms. The zero-order chi connectivity index (χ0) is 15.1. The molecule has 1 unspecified atom stereocenters. The number of hydrogen-bond donors (Lipinski definition) is 1. The van der Waals surface area contributed by atoms with E-state index in [0.717, 1.165) is 57.1 Å². The second kappa shape index (κ2) is 5.43. The molecule has 1 aromatic heterocycles. The molecule has 6 heteroatoms. The predicted molar refractivity (Wildman–Crippen MR) is 84.6 cm³/mol. The number of carbonyl (C=O) groups is 1. The second-order valence-corrected chi connectivity index (χ2v) is 6.40. The minimum absolute atomic E-state index is 0.0731. The summed E-state index contributed by atoms with van der Waals surface area (Å²) in [5.74, 6) is 0.865. The fraction of sp³-hybridized carbons (Fsp3) is 0.625. The maximum Gasteiger partial charge on any atom is 0.270 e. The lowest BCUT2D eigenvalue weighted by atomic mass is 10.1. The average Bonchev–Trinajstić information content (AvgIpc) is 2.99. The summed E-state index contributed by atoms with van der Waals surface area (Å²) in [6, 6.07) is 4.62. The predicted octanol–water partition coefficient (Wildman–Crippen LogP) is 1.02. The summed E-state index contributed by atoms with van der Waals surface area (Å²) in [5, 5.41) is 3.08. The first-order chi connectivity index (χ1) is 10.7. The molecule has 0 radical (unpaired) electrons. The van der Waals surface area contributed by atoms with Gasteiger partial charge in [0.25, 0.3) is 5.91 Å². The monoisotopic (exact) mass is 302 g/mol. The van der Waals surface area contributed by atoms with Crippen molar-refractivity contribution >= 4 is 17.4 Å². The third-order valence-electron chi connectivity index (χ3n) is 5.03. The number of rotatable bonds is 2. The van der Waals surface area contributed by atoms with Crippen molar-refractivity contribution in [3.05, 3.63) is 17.8 Å². The maximum atomic E-state index is 12.4. The van der Waals surface area contributed by atoms with Gasteiger partial charge in [-0.2, -0.15) is 0 Å². The molecule has 22 heavy (non-hydrogen) atoms. The summed E-state index contributed by atoms with van der Waals surface area (Å²) in [4.78, 5) is 21.7. The van der Waals surface area contributed by atoms with Crippen LogP contribution in [0.3, 0.4) is 0 Å². The number of carbonyl (C=O) groups excluding carboxylic acids is 1. The van der Waals surface area contributed by atoms with Crippen molar-refractivity contribution in [2.75, 3.05) is 43.2 Å². The lowest BCUT2D eigenvalue weighted by molar-refractivity contribution is 0.0694. The van der Waals surface area contributed by atoms with E-state index in [0.29, 0.717) is 11.7 Å². The second-order valence-electron chi connectivity index (χ2n) is 6.40. The Bertz CT molecular complexity index is 586. The Morgan fingerprint density at radius 1 is 1.32 bits per heavy atom. The van der Waals surface area contributed by atoms with Gasteiger partial charge in [0.15, 0.2) is 5.82 Å². The van der Waals surface area contributed by atoms with Crippen molar-refractivity contribution in [1.29, 1.82) is 0 Å². The number of likely N-dealkylation sites (N-methyl/N-ethyl adjacent to an activating group) is 1. The van der Waals surface area contributed by atoms with Crippen molar-refractivity contribution in [2.45, 2.75) is 31.3 Å². The van der Waals surface area contributed by atoms with Gasteiger partial charge in [0.1, 0.15) is 5.69 Å². The Morgan fingerprint density at radius 2 is 2.14 bits per heavy atom. The molecule has 1 atom stereocenters.